The third-order valence-corrected chi connectivity index (χ3v) is 5.11. The van der Waals surface area contributed by atoms with Crippen molar-refractivity contribution in [3.05, 3.63) is 45.4 Å². The maximum atomic E-state index is 5.87. The summed E-state index contributed by atoms with van der Waals surface area (Å²) in [5.74, 6) is 1.47. The first-order chi connectivity index (χ1) is 9.40. The molecule has 0 spiro atoms. The van der Waals surface area contributed by atoms with Gasteiger partial charge in [-0.2, -0.15) is 0 Å². The van der Waals surface area contributed by atoms with Crippen LogP contribution in [-0.4, -0.2) is 18.1 Å². The van der Waals surface area contributed by atoms with E-state index in [4.69, 9.17) is 9.72 Å². The summed E-state index contributed by atoms with van der Waals surface area (Å²) < 4.78 is 5.87. The molecule has 0 saturated heterocycles. The van der Waals surface area contributed by atoms with Crippen LogP contribution in [0.25, 0.3) is 0 Å². The van der Waals surface area contributed by atoms with Gasteiger partial charge in [0, 0.05) is 30.3 Å². The summed E-state index contributed by atoms with van der Waals surface area (Å²) in [5.41, 5.74) is 2.61. The molecule has 0 radical (unpaired) electrons. The average Bonchev–Trinajstić information content (AvgIpc) is 2.90. The topological polar surface area (TPSA) is 34.2 Å². The van der Waals surface area contributed by atoms with Crippen molar-refractivity contribution in [3.8, 4) is 5.75 Å². The van der Waals surface area contributed by atoms with Gasteiger partial charge in [0.2, 0.25) is 0 Å². The van der Waals surface area contributed by atoms with E-state index in [9.17, 15) is 0 Å². The summed E-state index contributed by atoms with van der Waals surface area (Å²) in [6.07, 6.45) is 2.12. The molecule has 1 aromatic carbocycles. The van der Waals surface area contributed by atoms with Crippen LogP contribution in [0.15, 0.2) is 24.3 Å². The molecule has 2 aliphatic heterocycles. The maximum absolute atomic E-state index is 5.87. The van der Waals surface area contributed by atoms with Crippen molar-refractivity contribution in [1.82, 2.24) is 10.3 Å². The van der Waals surface area contributed by atoms with Crippen molar-refractivity contribution in [3.63, 3.8) is 0 Å². The monoisotopic (exact) mass is 272 g/mol. The van der Waals surface area contributed by atoms with Gasteiger partial charge in [0.15, 0.2) is 0 Å². The predicted molar refractivity (Wildman–Crippen MR) is 75.9 cm³/mol. The highest BCUT2D eigenvalue weighted by Gasteiger charge is 2.25. The van der Waals surface area contributed by atoms with Crippen molar-refractivity contribution < 1.29 is 4.74 Å². The quantitative estimate of drug-likeness (QED) is 0.866. The fourth-order valence-electron chi connectivity index (χ4n) is 2.81. The number of thiazole rings is 1. The van der Waals surface area contributed by atoms with E-state index in [1.165, 1.54) is 21.1 Å². The number of aromatic nitrogens is 1. The third-order valence-electron chi connectivity index (χ3n) is 3.85. The summed E-state index contributed by atoms with van der Waals surface area (Å²) in [6, 6.07) is 8.34. The molecule has 4 rings (SSSR count). The van der Waals surface area contributed by atoms with Gasteiger partial charge in [0.25, 0.3) is 0 Å². The van der Waals surface area contributed by atoms with E-state index in [1.807, 2.05) is 17.4 Å². The van der Waals surface area contributed by atoms with Crippen LogP contribution in [0.3, 0.4) is 0 Å². The van der Waals surface area contributed by atoms with Gasteiger partial charge in [-0.25, -0.2) is 4.98 Å². The van der Waals surface area contributed by atoms with Gasteiger partial charge in [0.1, 0.15) is 5.75 Å². The van der Waals surface area contributed by atoms with Gasteiger partial charge in [-0.1, -0.05) is 18.2 Å². The second kappa shape index (κ2) is 4.62. The molecule has 98 valence electrons. The Morgan fingerprint density at radius 2 is 2.26 bits per heavy atom. The summed E-state index contributed by atoms with van der Waals surface area (Å²) in [5, 5.41) is 4.66. The van der Waals surface area contributed by atoms with E-state index in [2.05, 4.69) is 23.5 Å². The first-order valence-corrected chi connectivity index (χ1v) is 7.62. The van der Waals surface area contributed by atoms with Gasteiger partial charge < -0.3 is 10.1 Å². The Bertz CT molecular complexity index is 584. The largest absolute Gasteiger partial charge is 0.493 e. The Hall–Kier alpha value is -1.39. The lowest BCUT2D eigenvalue weighted by atomic mass is 9.97. The number of nitrogens with zero attached hydrogens (tertiary/aromatic N) is 1. The third kappa shape index (κ3) is 2.05. The lowest BCUT2D eigenvalue weighted by Crippen LogP contribution is -2.22. The normalized spacial score (nSPS) is 21.4. The predicted octanol–water partition coefficient (Wildman–Crippen LogP) is 2.51. The Labute approximate surface area is 116 Å². The van der Waals surface area contributed by atoms with Crippen LogP contribution in [0.4, 0.5) is 0 Å². The lowest BCUT2D eigenvalue weighted by molar-refractivity contribution is 0.262. The number of hydrogen-bond donors (Lipinski definition) is 1. The fraction of sp³-hybridized carbons (Fsp3) is 0.400. The number of rotatable bonds is 1. The minimum Gasteiger partial charge on any atom is -0.493 e. The van der Waals surface area contributed by atoms with Gasteiger partial charge in [-0.15, -0.1) is 11.3 Å². The van der Waals surface area contributed by atoms with Crippen LogP contribution in [0.5, 0.6) is 5.75 Å². The summed E-state index contributed by atoms with van der Waals surface area (Å²) in [7, 11) is 0. The summed E-state index contributed by atoms with van der Waals surface area (Å²) in [4.78, 5) is 6.26. The van der Waals surface area contributed by atoms with E-state index in [0.717, 1.165) is 38.3 Å². The summed E-state index contributed by atoms with van der Waals surface area (Å²) in [6.45, 7) is 2.80. The molecule has 0 saturated carbocycles. The highest BCUT2D eigenvalue weighted by molar-refractivity contribution is 7.11. The molecule has 1 unspecified atom stereocenters. The maximum Gasteiger partial charge on any atom is 0.122 e. The zero-order chi connectivity index (χ0) is 12.7. The Morgan fingerprint density at radius 1 is 1.32 bits per heavy atom. The van der Waals surface area contributed by atoms with Crippen LogP contribution < -0.4 is 10.1 Å². The molecular weight excluding hydrogens is 256 g/mol. The molecule has 0 amide bonds. The molecule has 0 aliphatic carbocycles. The molecule has 0 bridgehead atoms. The molecule has 1 N–H and O–H groups in total. The number of benzene rings is 1. The number of hydrogen-bond acceptors (Lipinski definition) is 4. The first-order valence-electron chi connectivity index (χ1n) is 6.80. The molecule has 3 heterocycles. The second-order valence-corrected chi connectivity index (χ2v) is 6.28. The molecular formula is C15H16N2OS. The lowest BCUT2D eigenvalue weighted by Gasteiger charge is -2.23. The number of fused-ring (bicyclic) bond motifs is 2. The van der Waals surface area contributed by atoms with Crippen LogP contribution in [0, 0.1) is 0 Å². The molecule has 0 fully saturated rings. The van der Waals surface area contributed by atoms with Crippen LogP contribution in [0.2, 0.25) is 0 Å². The number of ether oxygens (including phenoxy) is 1. The molecule has 2 aliphatic rings. The van der Waals surface area contributed by atoms with Gasteiger partial charge in [-0.3, -0.25) is 0 Å². The van der Waals surface area contributed by atoms with E-state index in [1.54, 1.807) is 0 Å². The molecule has 4 heteroatoms. The zero-order valence-corrected chi connectivity index (χ0v) is 11.5. The van der Waals surface area contributed by atoms with Gasteiger partial charge in [-0.05, 0) is 18.1 Å². The smallest absolute Gasteiger partial charge is 0.122 e. The Kier molecular flexibility index (Phi) is 2.78. The van der Waals surface area contributed by atoms with Crippen molar-refractivity contribution in [2.75, 3.05) is 13.2 Å². The summed E-state index contributed by atoms with van der Waals surface area (Å²) >= 11 is 1.86. The van der Waals surface area contributed by atoms with Crippen LogP contribution >= 0.6 is 11.3 Å². The number of nitrogens with one attached hydrogen (secondary N) is 1. The molecule has 19 heavy (non-hydrogen) atoms. The van der Waals surface area contributed by atoms with Crippen molar-refractivity contribution in [2.24, 2.45) is 0 Å². The van der Waals surface area contributed by atoms with Gasteiger partial charge >= 0.3 is 0 Å². The second-order valence-electron chi connectivity index (χ2n) is 5.17. The van der Waals surface area contributed by atoms with Crippen LogP contribution in [0.1, 0.15) is 27.1 Å². The minimum atomic E-state index is 0.422. The SMILES string of the molecule is c1ccc2c(c1)CC(c1nc3c(s1)CNCC3)CO2. The Morgan fingerprint density at radius 3 is 3.21 bits per heavy atom. The molecule has 3 nitrogen and oxygen atoms in total. The van der Waals surface area contributed by atoms with E-state index < -0.39 is 0 Å². The zero-order valence-electron chi connectivity index (χ0n) is 10.7. The average molecular weight is 272 g/mol. The van der Waals surface area contributed by atoms with Gasteiger partial charge in [0.05, 0.1) is 17.3 Å². The fourth-order valence-corrected chi connectivity index (χ4v) is 3.97. The van der Waals surface area contributed by atoms with E-state index in [0.29, 0.717) is 5.92 Å². The van der Waals surface area contributed by atoms with Crippen LogP contribution in [-0.2, 0) is 19.4 Å². The van der Waals surface area contributed by atoms with Crippen molar-refractivity contribution in [2.45, 2.75) is 25.3 Å². The van der Waals surface area contributed by atoms with E-state index in [-0.39, 0.29) is 0 Å². The highest BCUT2D eigenvalue weighted by atomic mass is 32.1. The first kappa shape index (κ1) is 11.4. The Balaban J connectivity index is 1.62. The molecule has 1 aromatic heterocycles. The number of para-hydroxylation sites is 1. The van der Waals surface area contributed by atoms with Crippen molar-refractivity contribution in [1.29, 1.82) is 0 Å². The minimum absolute atomic E-state index is 0.422. The molecule has 2 aromatic rings. The standard InChI is InChI=1S/C15H16N2OS/c1-2-4-13-10(3-1)7-11(9-18-13)15-17-12-5-6-16-8-14(12)19-15/h1-4,11,16H,5-9H2. The highest BCUT2D eigenvalue weighted by Crippen LogP contribution is 2.35. The van der Waals surface area contributed by atoms with Crippen molar-refractivity contribution >= 4 is 11.3 Å². The van der Waals surface area contributed by atoms with E-state index >= 15 is 0 Å². The molecule has 1 atom stereocenters.